The van der Waals surface area contributed by atoms with Crippen LogP contribution in [0.25, 0.3) is 11.1 Å². The fourth-order valence-electron chi connectivity index (χ4n) is 3.55. The molecule has 0 saturated carbocycles. The molecule has 0 saturated heterocycles. The number of fused-ring (bicyclic) bond motifs is 1. The monoisotopic (exact) mass is 343 g/mol. The zero-order chi connectivity index (χ0) is 17.9. The van der Waals surface area contributed by atoms with Crippen LogP contribution < -0.4 is 9.64 Å². The molecule has 0 atom stereocenters. The number of aryl methyl sites for hydroxylation is 1. The van der Waals surface area contributed by atoms with E-state index in [2.05, 4.69) is 24.3 Å². The number of rotatable bonds is 3. The Morgan fingerprint density at radius 2 is 1.69 bits per heavy atom. The van der Waals surface area contributed by atoms with Gasteiger partial charge in [-0.2, -0.15) is 0 Å². The molecule has 0 bridgehead atoms. The summed E-state index contributed by atoms with van der Waals surface area (Å²) in [7, 11) is 0. The molecule has 0 fully saturated rings. The Morgan fingerprint density at radius 3 is 2.50 bits per heavy atom. The normalized spacial score (nSPS) is 13.2. The van der Waals surface area contributed by atoms with Crippen LogP contribution in [0, 0.1) is 0 Å². The van der Waals surface area contributed by atoms with Gasteiger partial charge in [0, 0.05) is 19.0 Å². The van der Waals surface area contributed by atoms with Gasteiger partial charge < -0.3 is 9.64 Å². The van der Waals surface area contributed by atoms with Crippen molar-refractivity contribution in [1.29, 1.82) is 0 Å². The minimum Gasteiger partial charge on any atom is -0.457 e. The molecule has 0 radical (unpaired) electrons. The van der Waals surface area contributed by atoms with Crippen LogP contribution in [0.4, 0.5) is 5.69 Å². The van der Waals surface area contributed by atoms with E-state index in [9.17, 15) is 4.79 Å². The van der Waals surface area contributed by atoms with Crippen molar-refractivity contribution in [3.63, 3.8) is 0 Å². The molecule has 0 aliphatic carbocycles. The van der Waals surface area contributed by atoms with E-state index < -0.39 is 0 Å². The number of para-hydroxylation sites is 2. The van der Waals surface area contributed by atoms with Crippen molar-refractivity contribution in [3.05, 3.63) is 78.4 Å². The highest BCUT2D eigenvalue weighted by Gasteiger charge is 2.23. The van der Waals surface area contributed by atoms with Crippen LogP contribution in [0.3, 0.4) is 0 Å². The summed E-state index contributed by atoms with van der Waals surface area (Å²) >= 11 is 0. The highest BCUT2D eigenvalue weighted by Crippen LogP contribution is 2.38. The van der Waals surface area contributed by atoms with Gasteiger partial charge in [-0.05, 0) is 48.2 Å². The van der Waals surface area contributed by atoms with Gasteiger partial charge in [0.2, 0.25) is 5.91 Å². The zero-order valence-electron chi connectivity index (χ0n) is 14.8. The van der Waals surface area contributed by atoms with Crippen molar-refractivity contribution >= 4 is 11.6 Å². The number of anilines is 1. The van der Waals surface area contributed by atoms with Crippen LogP contribution in [0.5, 0.6) is 11.5 Å². The summed E-state index contributed by atoms with van der Waals surface area (Å²) in [4.78, 5) is 14.1. The smallest absolute Gasteiger partial charge is 0.223 e. The van der Waals surface area contributed by atoms with Crippen molar-refractivity contribution in [3.8, 4) is 22.6 Å². The standard InChI is InChI=1S/C23H21NO2/c1-17(25)24-15-7-10-18-8-6-14-22(23(18)24)19-9-5-13-21(16-19)26-20-11-3-2-4-12-20/h2-6,8-9,11-14,16H,7,10,15H2,1H3. The van der Waals surface area contributed by atoms with Crippen LogP contribution >= 0.6 is 0 Å². The Morgan fingerprint density at radius 1 is 0.923 bits per heavy atom. The lowest BCUT2D eigenvalue weighted by Gasteiger charge is -2.31. The van der Waals surface area contributed by atoms with Crippen molar-refractivity contribution < 1.29 is 9.53 Å². The predicted octanol–water partition coefficient (Wildman–Crippen LogP) is 5.45. The number of benzene rings is 3. The first-order valence-electron chi connectivity index (χ1n) is 8.96. The van der Waals surface area contributed by atoms with Gasteiger partial charge >= 0.3 is 0 Å². The number of carbonyl (C=O) groups is 1. The predicted molar refractivity (Wildman–Crippen MR) is 105 cm³/mol. The number of nitrogens with zero attached hydrogens (tertiary/aromatic N) is 1. The second-order valence-corrected chi connectivity index (χ2v) is 6.53. The molecular weight excluding hydrogens is 322 g/mol. The van der Waals surface area contributed by atoms with Gasteiger partial charge in [-0.3, -0.25) is 4.79 Å². The zero-order valence-corrected chi connectivity index (χ0v) is 14.8. The van der Waals surface area contributed by atoms with Gasteiger partial charge in [0.25, 0.3) is 0 Å². The SMILES string of the molecule is CC(=O)N1CCCc2cccc(-c3cccc(Oc4ccccc4)c3)c21. The van der Waals surface area contributed by atoms with Gasteiger partial charge in [-0.15, -0.1) is 0 Å². The van der Waals surface area contributed by atoms with Crippen molar-refractivity contribution in [2.75, 3.05) is 11.4 Å². The molecule has 3 aromatic rings. The first-order chi connectivity index (χ1) is 12.7. The third kappa shape index (κ3) is 3.21. The first-order valence-corrected chi connectivity index (χ1v) is 8.96. The van der Waals surface area contributed by atoms with Crippen molar-refractivity contribution in [1.82, 2.24) is 0 Å². The second-order valence-electron chi connectivity index (χ2n) is 6.53. The number of hydrogen-bond donors (Lipinski definition) is 0. The fourth-order valence-corrected chi connectivity index (χ4v) is 3.55. The molecule has 3 heteroatoms. The van der Waals surface area contributed by atoms with E-state index in [1.807, 2.05) is 53.4 Å². The highest BCUT2D eigenvalue weighted by atomic mass is 16.5. The minimum absolute atomic E-state index is 0.0927. The summed E-state index contributed by atoms with van der Waals surface area (Å²) in [5.41, 5.74) is 4.42. The number of carbonyl (C=O) groups excluding carboxylic acids is 1. The Bertz CT molecular complexity index is 934. The quantitative estimate of drug-likeness (QED) is 0.633. The van der Waals surface area contributed by atoms with Gasteiger partial charge in [0.15, 0.2) is 0 Å². The molecule has 1 aliphatic heterocycles. The van der Waals surface area contributed by atoms with E-state index in [-0.39, 0.29) is 5.91 Å². The van der Waals surface area contributed by atoms with Crippen LogP contribution in [0.2, 0.25) is 0 Å². The molecule has 1 amide bonds. The summed E-state index contributed by atoms with van der Waals surface area (Å²) in [6.45, 7) is 2.42. The number of ether oxygens (including phenoxy) is 1. The topological polar surface area (TPSA) is 29.5 Å². The Balaban J connectivity index is 1.75. The lowest BCUT2D eigenvalue weighted by atomic mass is 9.94. The van der Waals surface area contributed by atoms with E-state index in [0.29, 0.717) is 0 Å². The molecule has 4 rings (SSSR count). The van der Waals surface area contributed by atoms with Gasteiger partial charge in [-0.1, -0.05) is 48.5 Å². The third-order valence-electron chi connectivity index (χ3n) is 4.72. The van der Waals surface area contributed by atoms with E-state index in [4.69, 9.17) is 4.74 Å². The fraction of sp³-hybridized carbons (Fsp3) is 0.174. The van der Waals surface area contributed by atoms with Gasteiger partial charge in [-0.25, -0.2) is 0 Å². The summed E-state index contributed by atoms with van der Waals surface area (Å²) in [5, 5.41) is 0. The van der Waals surface area contributed by atoms with Crippen LogP contribution in [-0.2, 0) is 11.2 Å². The molecule has 0 unspecified atom stereocenters. The molecule has 3 aromatic carbocycles. The lowest BCUT2D eigenvalue weighted by Crippen LogP contribution is -2.34. The summed E-state index contributed by atoms with van der Waals surface area (Å²) in [6, 6.07) is 24.1. The molecule has 1 aliphatic rings. The summed E-state index contributed by atoms with van der Waals surface area (Å²) in [6.07, 6.45) is 2.01. The average molecular weight is 343 g/mol. The summed E-state index contributed by atoms with van der Waals surface area (Å²) < 4.78 is 5.98. The molecule has 3 nitrogen and oxygen atoms in total. The van der Waals surface area contributed by atoms with E-state index in [0.717, 1.165) is 47.7 Å². The average Bonchev–Trinajstić information content (AvgIpc) is 2.68. The van der Waals surface area contributed by atoms with E-state index >= 15 is 0 Å². The largest absolute Gasteiger partial charge is 0.457 e. The molecule has 0 N–H and O–H groups in total. The van der Waals surface area contributed by atoms with Crippen molar-refractivity contribution in [2.24, 2.45) is 0 Å². The molecular formula is C23H21NO2. The highest BCUT2D eigenvalue weighted by molar-refractivity contribution is 5.98. The van der Waals surface area contributed by atoms with Crippen LogP contribution in [-0.4, -0.2) is 12.5 Å². The molecule has 0 aromatic heterocycles. The Hall–Kier alpha value is -3.07. The maximum absolute atomic E-state index is 12.2. The number of amides is 1. The van der Waals surface area contributed by atoms with Crippen molar-refractivity contribution in [2.45, 2.75) is 19.8 Å². The molecule has 26 heavy (non-hydrogen) atoms. The lowest BCUT2D eigenvalue weighted by molar-refractivity contribution is -0.116. The molecule has 130 valence electrons. The molecule has 0 spiro atoms. The summed E-state index contributed by atoms with van der Waals surface area (Å²) in [5.74, 6) is 1.69. The second kappa shape index (κ2) is 7.04. The first kappa shape index (κ1) is 16.4. The van der Waals surface area contributed by atoms with Gasteiger partial charge in [0.1, 0.15) is 11.5 Å². The third-order valence-corrected chi connectivity index (χ3v) is 4.72. The maximum atomic E-state index is 12.2. The minimum atomic E-state index is 0.0927. The van der Waals surface area contributed by atoms with E-state index in [1.165, 1.54) is 5.56 Å². The van der Waals surface area contributed by atoms with Gasteiger partial charge in [0.05, 0.1) is 5.69 Å². The van der Waals surface area contributed by atoms with Crippen LogP contribution in [0.1, 0.15) is 18.9 Å². The van der Waals surface area contributed by atoms with E-state index in [1.54, 1.807) is 6.92 Å². The molecule has 1 heterocycles. The maximum Gasteiger partial charge on any atom is 0.223 e. The Kier molecular flexibility index (Phi) is 4.44. The van der Waals surface area contributed by atoms with Crippen LogP contribution in [0.15, 0.2) is 72.8 Å². The number of hydrogen-bond acceptors (Lipinski definition) is 2. The Labute approximate surface area is 153 Å².